The number of carbonyl (C=O) groups excluding carboxylic acids is 1. The molecule has 78 valence electrons. The summed E-state index contributed by atoms with van der Waals surface area (Å²) in [6.07, 6.45) is 1.21. The number of carbonyl (C=O) groups is 1. The van der Waals surface area contributed by atoms with Gasteiger partial charge in [-0.2, -0.15) is 4.89 Å². The highest BCUT2D eigenvalue weighted by Gasteiger charge is 2.19. The van der Waals surface area contributed by atoms with E-state index in [9.17, 15) is 4.79 Å². The van der Waals surface area contributed by atoms with Gasteiger partial charge in [-0.15, -0.1) is 0 Å². The van der Waals surface area contributed by atoms with Crippen LogP contribution in [0.4, 0.5) is 0 Å². The Morgan fingerprint density at radius 3 is 2.31 bits per heavy atom. The van der Waals surface area contributed by atoms with Crippen LogP contribution in [0.2, 0.25) is 0 Å². The smallest absolute Gasteiger partial charge is 0.298 e. The predicted octanol–water partition coefficient (Wildman–Crippen LogP) is 2.70. The van der Waals surface area contributed by atoms with Crippen molar-refractivity contribution in [1.29, 1.82) is 0 Å². The minimum absolute atomic E-state index is 0.295. The summed E-state index contributed by atoms with van der Waals surface area (Å²) in [4.78, 5) is 20.7. The Morgan fingerprint density at radius 2 is 1.92 bits per heavy atom. The summed E-state index contributed by atoms with van der Waals surface area (Å²) >= 11 is 0. The van der Waals surface area contributed by atoms with E-state index in [1.807, 2.05) is 34.6 Å². The van der Waals surface area contributed by atoms with Crippen LogP contribution in [-0.2, 0) is 14.6 Å². The Labute approximate surface area is 80.3 Å². The van der Waals surface area contributed by atoms with Crippen molar-refractivity contribution >= 4 is 5.97 Å². The average molecular weight is 188 g/mol. The molecule has 3 heteroatoms. The van der Waals surface area contributed by atoms with Crippen molar-refractivity contribution in [3.63, 3.8) is 0 Å². The minimum Gasteiger partial charge on any atom is -0.298 e. The first-order valence-corrected chi connectivity index (χ1v) is 4.76. The molecular formula is C10H20O3. The van der Waals surface area contributed by atoms with Gasteiger partial charge in [-0.3, -0.25) is 4.89 Å². The van der Waals surface area contributed by atoms with Crippen molar-refractivity contribution < 1.29 is 14.6 Å². The fourth-order valence-electron chi connectivity index (χ4n) is 0.586. The summed E-state index contributed by atoms with van der Waals surface area (Å²) in [6, 6.07) is 0. The Bertz CT molecular complexity index is 162. The molecule has 0 rings (SSSR count). The molecule has 0 N–H and O–H groups in total. The van der Waals surface area contributed by atoms with Crippen LogP contribution in [0.1, 0.15) is 47.5 Å². The fraction of sp³-hybridized carbons (Fsp3) is 0.900. The minimum atomic E-state index is -0.382. The van der Waals surface area contributed by atoms with Gasteiger partial charge in [-0.05, 0) is 26.2 Å². The maximum Gasteiger partial charge on any atom is 0.342 e. The summed E-state index contributed by atoms with van der Waals surface area (Å²) in [7, 11) is 0. The van der Waals surface area contributed by atoms with Gasteiger partial charge in [0.2, 0.25) is 0 Å². The first-order valence-electron chi connectivity index (χ1n) is 4.76. The lowest BCUT2D eigenvalue weighted by atomic mass is 10.1. The van der Waals surface area contributed by atoms with Gasteiger partial charge < -0.3 is 0 Å². The van der Waals surface area contributed by atoms with Gasteiger partial charge in [0.25, 0.3) is 0 Å². The lowest BCUT2D eigenvalue weighted by Gasteiger charge is -2.20. The van der Waals surface area contributed by atoms with Gasteiger partial charge in [-0.25, -0.2) is 4.79 Å². The molecule has 0 bridgehead atoms. The summed E-state index contributed by atoms with van der Waals surface area (Å²) < 4.78 is 0. The Morgan fingerprint density at radius 1 is 1.38 bits per heavy atom. The highest BCUT2D eigenvalue weighted by atomic mass is 17.2. The zero-order valence-electron chi connectivity index (χ0n) is 9.22. The van der Waals surface area contributed by atoms with E-state index in [4.69, 9.17) is 4.89 Å². The van der Waals surface area contributed by atoms with Crippen LogP contribution in [0.3, 0.4) is 0 Å². The average Bonchev–Trinajstić information content (AvgIpc) is 2.00. The molecule has 0 heterocycles. The van der Waals surface area contributed by atoms with Crippen LogP contribution in [0.15, 0.2) is 0 Å². The van der Waals surface area contributed by atoms with Crippen LogP contribution in [0, 0.1) is 5.92 Å². The van der Waals surface area contributed by atoms with E-state index in [-0.39, 0.29) is 11.6 Å². The topological polar surface area (TPSA) is 35.5 Å². The van der Waals surface area contributed by atoms with Crippen LogP contribution in [-0.4, -0.2) is 11.6 Å². The number of hydrogen-bond acceptors (Lipinski definition) is 3. The van der Waals surface area contributed by atoms with Crippen molar-refractivity contribution in [2.24, 2.45) is 5.92 Å². The predicted molar refractivity (Wildman–Crippen MR) is 51.0 cm³/mol. The molecule has 0 spiro atoms. The highest BCUT2D eigenvalue weighted by Crippen LogP contribution is 2.14. The molecule has 0 aliphatic rings. The third-order valence-corrected chi connectivity index (χ3v) is 1.79. The molecule has 0 fully saturated rings. The van der Waals surface area contributed by atoms with Gasteiger partial charge in [-0.1, -0.05) is 20.8 Å². The number of hydrogen-bond donors (Lipinski definition) is 0. The van der Waals surface area contributed by atoms with Crippen LogP contribution in [0.5, 0.6) is 0 Å². The van der Waals surface area contributed by atoms with Gasteiger partial charge in [0.05, 0.1) is 6.42 Å². The summed E-state index contributed by atoms with van der Waals surface area (Å²) in [5.41, 5.74) is -0.382. The molecule has 0 radical (unpaired) electrons. The second-order valence-corrected chi connectivity index (χ2v) is 4.25. The Kier molecular flexibility index (Phi) is 4.99. The van der Waals surface area contributed by atoms with E-state index in [1.165, 1.54) is 0 Å². The van der Waals surface area contributed by atoms with Crippen LogP contribution in [0.25, 0.3) is 0 Å². The van der Waals surface area contributed by atoms with Gasteiger partial charge in [0.15, 0.2) is 0 Å². The lowest BCUT2D eigenvalue weighted by molar-refractivity contribution is -0.325. The zero-order valence-corrected chi connectivity index (χ0v) is 9.22. The molecule has 0 saturated carbocycles. The first-order chi connectivity index (χ1) is 5.87. The Balaban J connectivity index is 3.70. The number of rotatable bonds is 5. The molecule has 3 nitrogen and oxygen atoms in total. The van der Waals surface area contributed by atoms with E-state index < -0.39 is 0 Å². The molecule has 13 heavy (non-hydrogen) atoms. The Hall–Kier alpha value is -0.570. The van der Waals surface area contributed by atoms with Crippen molar-refractivity contribution in [2.45, 2.75) is 53.1 Å². The molecular weight excluding hydrogens is 168 g/mol. The molecule has 0 aromatic carbocycles. The lowest BCUT2D eigenvalue weighted by Crippen LogP contribution is -2.25. The molecule has 0 amide bonds. The first kappa shape index (κ1) is 12.4. The maximum absolute atomic E-state index is 11.1. The van der Waals surface area contributed by atoms with Crippen molar-refractivity contribution in [2.75, 3.05) is 0 Å². The maximum atomic E-state index is 11.1. The van der Waals surface area contributed by atoms with E-state index in [1.54, 1.807) is 0 Å². The summed E-state index contributed by atoms with van der Waals surface area (Å²) in [5, 5.41) is 0. The molecule has 0 aliphatic carbocycles. The summed E-state index contributed by atoms with van der Waals surface area (Å²) in [6.45, 7) is 9.68. The van der Waals surface area contributed by atoms with Crippen molar-refractivity contribution in [1.82, 2.24) is 0 Å². The fourth-order valence-corrected chi connectivity index (χ4v) is 0.586. The largest absolute Gasteiger partial charge is 0.342 e. The standard InChI is InChI=1S/C10H20O3/c1-6-10(4,5)13-12-9(11)7-8(2)3/h8H,6-7H2,1-5H3. The third kappa shape index (κ3) is 6.58. The zero-order chi connectivity index (χ0) is 10.5. The van der Waals surface area contributed by atoms with Crippen molar-refractivity contribution in [3.8, 4) is 0 Å². The van der Waals surface area contributed by atoms with Crippen LogP contribution >= 0.6 is 0 Å². The third-order valence-electron chi connectivity index (χ3n) is 1.79. The van der Waals surface area contributed by atoms with Crippen LogP contribution < -0.4 is 0 Å². The monoisotopic (exact) mass is 188 g/mol. The second kappa shape index (κ2) is 5.22. The van der Waals surface area contributed by atoms with E-state index >= 15 is 0 Å². The summed E-state index contributed by atoms with van der Waals surface area (Å²) in [5.74, 6) is 0.0114. The van der Waals surface area contributed by atoms with Gasteiger partial charge in [0, 0.05) is 0 Å². The van der Waals surface area contributed by atoms with E-state index in [2.05, 4.69) is 4.89 Å². The SMILES string of the molecule is CCC(C)(C)OOC(=O)CC(C)C. The normalized spacial score (nSPS) is 11.8. The highest BCUT2D eigenvalue weighted by molar-refractivity contribution is 5.68. The van der Waals surface area contributed by atoms with Crippen molar-refractivity contribution in [3.05, 3.63) is 0 Å². The molecule has 0 aromatic rings. The molecule has 0 atom stereocenters. The van der Waals surface area contributed by atoms with E-state index in [0.717, 1.165) is 6.42 Å². The molecule has 0 saturated heterocycles. The van der Waals surface area contributed by atoms with E-state index in [0.29, 0.717) is 12.3 Å². The van der Waals surface area contributed by atoms with Gasteiger partial charge >= 0.3 is 5.97 Å². The quantitative estimate of drug-likeness (QED) is 0.491. The molecule has 0 aromatic heterocycles. The molecule has 0 unspecified atom stereocenters. The van der Waals surface area contributed by atoms with Gasteiger partial charge in [0.1, 0.15) is 5.60 Å². The second-order valence-electron chi connectivity index (χ2n) is 4.25. The molecule has 0 aliphatic heterocycles.